The van der Waals surface area contributed by atoms with Gasteiger partial charge in [-0.25, -0.2) is 0 Å². The molecule has 1 aromatic carbocycles. The molecule has 4 heteroatoms. The normalized spacial score (nSPS) is 10.9. The van der Waals surface area contributed by atoms with Crippen LogP contribution >= 0.6 is 39.1 Å². The van der Waals surface area contributed by atoms with E-state index in [0.29, 0.717) is 27.9 Å². The molecule has 0 bridgehead atoms. The van der Waals surface area contributed by atoms with Crippen molar-refractivity contribution < 1.29 is 4.74 Å². The maximum atomic E-state index is 6.15. The Bertz CT molecular complexity index is 365. The molecule has 0 unspecified atom stereocenters. The van der Waals surface area contributed by atoms with Crippen molar-refractivity contribution in [3.05, 3.63) is 27.7 Å². The van der Waals surface area contributed by atoms with E-state index in [0.717, 1.165) is 24.2 Å². The van der Waals surface area contributed by atoms with Gasteiger partial charge in [0.2, 0.25) is 0 Å². The maximum absolute atomic E-state index is 6.15. The van der Waals surface area contributed by atoms with E-state index in [4.69, 9.17) is 27.9 Å². The van der Waals surface area contributed by atoms with Crippen LogP contribution < -0.4 is 4.74 Å². The number of ether oxygens (including phenoxy) is 1. The second kappa shape index (κ2) is 7.50. The molecule has 1 aromatic rings. The molecule has 0 saturated heterocycles. The monoisotopic (exact) mass is 338 g/mol. The van der Waals surface area contributed by atoms with Crippen molar-refractivity contribution in [2.45, 2.75) is 32.0 Å². The summed E-state index contributed by atoms with van der Waals surface area (Å²) >= 11 is 15.5. The molecule has 1 nitrogen and oxygen atoms in total. The van der Waals surface area contributed by atoms with Crippen LogP contribution in [0.3, 0.4) is 0 Å². The Morgan fingerprint density at radius 1 is 1.24 bits per heavy atom. The Morgan fingerprint density at radius 3 is 2.41 bits per heavy atom. The highest BCUT2D eigenvalue weighted by Gasteiger charge is 2.12. The SMILES string of the molecule is CCC(CC)COc1c(Cl)cc(Cl)cc1CBr. The van der Waals surface area contributed by atoms with Crippen LogP contribution in [0.1, 0.15) is 32.3 Å². The third-order valence-corrected chi connectivity index (χ3v) is 3.95. The van der Waals surface area contributed by atoms with Gasteiger partial charge in [0.1, 0.15) is 5.75 Å². The van der Waals surface area contributed by atoms with Crippen LogP contribution in [0.5, 0.6) is 5.75 Å². The third-order valence-electron chi connectivity index (χ3n) is 2.85. The van der Waals surface area contributed by atoms with Crippen LogP contribution in [0, 0.1) is 5.92 Å². The molecule has 96 valence electrons. The van der Waals surface area contributed by atoms with Gasteiger partial charge in [0.15, 0.2) is 0 Å². The minimum Gasteiger partial charge on any atom is -0.491 e. The summed E-state index contributed by atoms with van der Waals surface area (Å²) in [7, 11) is 0. The molecule has 1 rings (SSSR count). The fraction of sp³-hybridized carbons (Fsp3) is 0.538. The number of hydrogen-bond donors (Lipinski definition) is 0. The van der Waals surface area contributed by atoms with E-state index in [2.05, 4.69) is 29.8 Å². The van der Waals surface area contributed by atoms with Crippen LogP contribution in [-0.2, 0) is 5.33 Å². The van der Waals surface area contributed by atoms with Gasteiger partial charge in [-0.05, 0) is 18.1 Å². The van der Waals surface area contributed by atoms with E-state index in [-0.39, 0.29) is 0 Å². The zero-order valence-corrected chi connectivity index (χ0v) is 13.2. The lowest BCUT2D eigenvalue weighted by molar-refractivity contribution is 0.239. The number of hydrogen-bond acceptors (Lipinski definition) is 1. The summed E-state index contributed by atoms with van der Waals surface area (Å²) in [6.07, 6.45) is 2.23. The Kier molecular flexibility index (Phi) is 6.68. The molecule has 0 aliphatic carbocycles. The Balaban J connectivity index is 2.82. The zero-order valence-electron chi connectivity index (χ0n) is 10.1. The summed E-state index contributed by atoms with van der Waals surface area (Å²) < 4.78 is 5.84. The molecular formula is C13H17BrCl2O. The van der Waals surface area contributed by atoms with Crippen molar-refractivity contribution in [1.82, 2.24) is 0 Å². The minimum absolute atomic E-state index is 0.574. The summed E-state index contributed by atoms with van der Waals surface area (Å²) in [4.78, 5) is 0. The van der Waals surface area contributed by atoms with Crippen LogP contribution in [0.4, 0.5) is 0 Å². The molecule has 0 amide bonds. The first kappa shape index (κ1) is 15.1. The minimum atomic E-state index is 0.574. The van der Waals surface area contributed by atoms with Gasteiger partial charge in [-0.3, -0.25) is 0 Å². The molecule has 0 spiro atoms. The number of rotatable bonds is 6. The van der Waals surface area contributed by atoms with Gasteiger partial charge in [-0.15, -0.1) is 0 Å². The van der Waals surface area contributed by atoms with E-state index in [9.17, 15) is 0 Å². The molecule has 0 aliphatic heterocycles. The topological polar surface area (TPSA) is 9.23 Å². The van der Waals surface area contributed by atoms with Gasteiger partial charge in [0.25, 0.3) is 0 Å². The van der Waals surface area contributed by atoms with Gasteiger partial charge in [-0.2, -0.15) is 0 Å². The molecule has 0 N–H and O–H groups in total. The molecule has 0 aromatic heterocycles. The van der Waals surface area contributed by atoms with Crippen LogP contribution in [0.15, 0.2) is 12.1 Å². The molecule has 0 atom stereocenters. The smallest absolute Gasteiger partial charge is 0.142 e. The Labute approximate surface area is 122 Å². The van der Waals surface area contributed by atoms with Crippen molar-refractivity contribution in [2.75, 3.05) is 6.61 Å². The average molecular weight is 340 g/mol. The van der Waals surface area contributed by atoms with E-state index in [1.54, 1.807) is 6.07 Å². The standard InChI is InChI=1S/C13H17BrCl2O/c1-3-9(4-2)8-17-13-10(7-14)5-11(15)6-12(13)16/h5-6,9H,3-4,7-8H2,1-2H3. The largest absolute Gasteiger partial charge is 0.491 e. The average Bonchev–Trinajstić information content (AvgIpc) is 2.31. The van der Waals surface area contributed by atoms with E-state index in [1.165, 1.54) is 0 Å². The van der Waals surface area contributed by atoms with Gasteiger partial charge in [0.05, 0.1) is 11.6 Å². The molecule has 0 heterocycles. The van der Waals surface area contributed by atoms with Crippen molar-refractivity contribution in [2.24, 2.45) is 5.92 Å². The molecule has 0 fully saturated rings. The van der Waals surface area contributed by atoms with Gasteiger partial charge >= 0.3 is 0 Å². The van der Waals surface area contributed by atoms with E-state index in [1.807, 2.05) is 6.07 Å². The lowest BCUT2D eigenvalue weighted by Gasteiger charge is -2.17. The van der Waals surface area contributed by atoms with Crippen molar-refractivity contribution in [3.8, 4) is 5.75 Å². The first-order valence-corrected chi connectivity index (χ1v) is 7.66. The van der Waals surface area contributed by atoms with Gasteiger partial charge in [-0.1, -0.05) is 65.8 Å². The van der Waals surface area contributed by atoms with Crippen molar-refractivity contribution in [3.63, 3.8) is 0 Å². The van der Waals surface area contributed by atoms with Crippen LogP contribution in [-0.4, -0.2) is 6.61 Å². The molecule has 0 aliphatic rings. The number of benzene rings is 1. The summed E-state index contributed by atoms with van der Waals surface area (Å²) in [5.74, 6) is 1.32. The fourth-order valence-electron chi connectivity index (χ4n) is 1.60. The lowest BCUT2D eigenvalue weighted by Crippen LogP contribution is -2.11. The summed E-state index contributed by atoms with van der Waals surface area (Å²) in [5.41, 5.74) is 0.994. The second-order valence-corrected chi connectivity index (χ2v) is 5.41. The van der Waals surface area contributed by atoms with Crippen molar-refractivity contribution >= 4 is 39.1 Å². The summed E-state index contributed by atoms with van der Waals surface area (Å²) in [6, 6.07) is 3.60. The number of halogens is 3. The zero-order chi connectivity index (χ0) is 12.8. The number of alkyl halides is 1. The Morgan fingerprint density at radius 2 is 1.88 bits per heavy atom. The van der Waals surface area contributed by atoms with E-state index >= 15 is 0 Å². The van der Waals surface area contributed by atoms with Crippen LogP contribution in [0.2, 0.25) is 10.0 Å². The van der Waals surface area contributed by atoms with Gasteiger partial charge < -0.3 is 4.74 Å². The first-order chi connectivity index (χ1) is 8.12. The van der Waals surface area contributed by atoms with Crippen molar-refractivity contribution in [1.29, 1.82) is 0 Å². The van der Waals surface area contributed by atoms with Gasteiger partial charge in [0, 0.05) is 15.9 Å². The molecule has 0 radical (unpaired) electrons. The highest BCUT2D eigenvalue weighted by atomic mass is 79.9. The highest BCUT2D eigenvalue weighted by molar-refractivity contribution is 9.08. The summed E-state index contributed by atoms with van der Waals surface area (Å²) in [6.45, 7) is 5.05. The molecular weight excluding hydrogens is 323 g/mol. The summed E-state index contributed by atoms with van der Waals surface area (Å²) in [5, 5.41) is 1.91. The lowest BCUT2D eigenvalue weighted by atomic mass is 10.1. The fourth-order valence-corrected chi connectivity index (χ4v) is 2.61. The molecule has 17 heavy (non-hydrogen) atoms. The maximum Gasteiger partial charge on any atom is 0.142 e. The highest BCUT2D eigenvalue weighted by Crippen LogP contribution is 2.34. The Hall–Kier alpha value is 0.0800. The third kappa shape index (κ3) is 4.35. The molecule has 0 saturated carbocycles. The van der Waals surface area contributed by atoms with E-state index < -0.39 is 0 Å². The van der Waals surface area contributed by atoms with Crippen LogP contribution in [0.25, 0.3) is 0 Å². The second-order valence-electron chi connectivity index (χ2n) is 4.00. The predicted octanol–water partition coefficient (Wildman–Crippen LogP) is 5.70. The first-order valence-electron chi connectivity index (χ1n) is 5.79. The predicted molar refractivity (Wildman–Crippen MR) is 78.7 cm³/mol. The quantitative estimate of drug-likeness (QED) is 0.604.